The van der Waals surface area contributed by atoms with Crippen LogP contribution in [0.5, 0.6) is 0 Å². The van der Waals surface area contributed by atoms with Crippen LogP contribution in [0.15, 0.2) is 47.8 Å². The number of nitrogens with zero attached hydrogens (tertiary/aromatic N) is 4. The normalized spacial score (nSPS) is 18.5. The molecule has 0 atom stereocenters. The molecule has 2 aromatic heterocycles. The fraction of sp³-hybridized carbons (Fsp3) is 0.391. The number of nitrogens with one attached hydrogen (secondary N) is 1. The summed E-state index contributed by atoms with van der Waals surface area (Å²) in [6, 6.07) is 6.80. The minimum Gasteiger partial charge on any atom is -0.370 e. The van der Waals surface area contributed by atoms with E-state index >= 15 is 0 Å². The van der Waals surface area contributed by atoms with Crippen LogP contribution in [-0.4, -0.2) is 72.8 Å². The number of sulfonamides is 1. The average molecular weight is 522 g/mol. The van der Waals surface area contributed by atoms with E-state index < -0.39 is 10.0 Å². The van der Waals surface area contributed by atoms with Gasteiger partial charge in [0.2, 0.25) is 15.9 Å². The Bertz CT molecular complexity index is 1310. The molecular formula is C23H25Cl2N5O3S. The van der Waals surface area contributed by atoms with Gasteiger partial charge in [0.1, 0.15) is 0 Å². The van der Waals surface area contributed by atoms with Crippen LogP contribution >= 0.6 is 23.2 Å². The molecule has 2 aliphatic rings. The molecule has 180 valence electrons. The summed E-state index contributed by atoms with van der Waals surface area (Å²) in [7, 11) is -3.65. The number of aromatic amines is 1. The molecule has 0 bridgehead atoms. The summed E-state index contributed by atoms with van der Waals surface area (Å²) in [5.41, 5.74) is 1.63. The molecule has 1 aromatic carbocycles. The number of benzene rings is 1. The maximum Gasteiger partial charge on any atom is 0.243 e. The Morgan fingerprint density at radius 2 is 1.74 bits per heavy atom. The van der Waals surface area contributed by atoms with E-state index in [1.54, 1.807) is 41.7 Å². The molecule has 0 aliphatic carbocycles. The zero-order chi connectivity index (χ0) is 23.9. The smallest absolute Gasteiger partial charge is 0.243 e. The average Bonchev–Trinajstić information content (AvgIpc) is 3.24. The maximum atomic E-state index is 13.2. The quantitative estimate of drug-likeness (QED) is 0.566. The molecule has 0 spiro atoms. The highest BCUT2D eigenvalue weighted by atomic mass is 35.5. The lowest BCUT2D eigenvalue weighted by Gasteiger charge is -2.38. The highest BCUT2D eigenvalue weighted by Gasteiger charge is 2.34. The lowest BCUT2D eigenvalue weighted by atomic mass is 9.94. The largest absolute Gasteiger partial charge is 0.370 e. The van der Waals surface area contributed by atoms with Crippen LogP contribution in [0.1, 0.15) is 12.8 Å². The van der Waals surface area contributed by atoms with Crippen molar-refractivity contribution < 1.29 is 13.2 Å². The van der Waals surface area contributed by atoms with Gasteiger partial charge in [-0.15, -0.1) is 0 Å². The molecule has 5 rings (SSSR count). The highest BCUT2D eigenvalue weighted by Crippen LogP contribution is 2.30. The number of fused-ring (bicyclic) bond motifs is 1. The molecule has 1 N–H and O–H groups in total. The van der Waals surface area contributed by atoms with Gasteiger partial charge in [0.15, 0.2) is 0 Å². The number of H-pyrrole nitrogens is 1. The Labute approximate surface area is 208 Å². The van der Waals surface area contributed by atoms with E-state index in [9.17, 15) is 13.2 Å². The number of hydrogen-bond acceptors (Lipinski definition) is 5. The van der Waals surface area contributed by atoms with Crippen molar-refractivity contribution in [1.29, 1.82) is 0 Å². The first-order chi connectivity index (χ1) is 16.3. The molecule has 2 saturated heterocycles. The molecule has 0 saturated carbocycles. The summed E-state index contributed by atoms with van der Waals surface area (Å²) >= 11 is 12.4. The van der Waals surface area contributed by atoms with Gasteiger partial charge in [-0.25, -0.2) is 8.42 Å². The first-order valence-electron chi connectivity index (χ1n) is 11.2. The van der Waals surface area contributed by atoms with Gasteiger partial charge >= 0.3 is 0 Å². The first-order valence-corrected chi connectivity index (χ1v) is 13.4. The molecule has 2 fully saturated rings. The molecule has 0 radical (unpaired) electrons. The van der Waals surface area contributed by atoms with E-state index in [1.807, 2.05) is 6.07 Å². The summed E-state index contributed by atoms with van der Waals surface area (Å²) in [5, 5.41) is 1.96. The van der Waals surface area contributed by atoms with Crippen molar-refractivity contribution in [3.05, 3.63) is 52.9 Å². The van der Waals surface area contributed by atoms with E-state index in [2.05, 4.69) is 14.9 Å². The molecule has 1 amide bonds. The number of carbonyl (C=O) groups excluding carboxylic acids is 1. The van der Waals surface area contributed by atoms with Gasteiger partial charge in [0.05, 0.1) is 20.6 Å². The van der Waals surface area contributed by atoms with E-state index in [-0.39, 0.29) is 29.8 Å². The van der Waals surface area contributed by atoms with Crippen LogP contribution in [0.25, 0.3) is 10.9 Å². The lowest BCUT2D eigenvalue weighted by Crippen LogP contribution is -2.52. The molecular weight excluding hydrogens is 497 g/mol. The summed E-state index contributed by atoms with van der Waals surface area (Å²) < 4.78 is 27.8. The Kier molecular flexibility index (Phi) is 6.45. The van der Waals surface area contributed by atoms with Crippen molar-refractivity contribution in [2.45, 2.75) is 17.7 Å². The van der Waals surface area contributed by atoms with E-state index in [0.29, 0.717) is 28.7 Å². The van der Waals surface area contributed by atoms with Crippen molar-refractivity contribution in [3.63, 3.8) is 0 Å². The Balaban J connectivity index is 1.18. The van der Waals surface area contributed by atoms with Gasteiger partial charge in [0.25, 0.3) is 0 Å². The van der Waals surface area contributed by atoms with Crippen molar-refractivity contribution in [2.24, 2.45) is 5.92 Å². The Morgan fingerprint density at radius 1 is 1.00 bits per heavy atom. The second kappa shape index (κ2) is 9.37. The van der Waals surface area contributed by atoms with Gasteiger partial charge in [-0.1, -0.05) is 23.2 Å². The SMILES string of the molecule is O=C(C1CCN(c2ccncc2Cl)CC1)N1CCN(S(=O)(=O)c2ccc3c(Cl)c[nH]c3c2)CC1. The Hall–Kier alpha value is -2.33. The summed E-state index contributed by atoms with van der Waals surface area (Å²) in [5.74, 6) is 0.0556. The number of piperidine rings is 1. The minimum atomic E-state index is -3.65. The third-order valence-electron chi connectivity index (χ3n) is 6.73. The molecule has 11 heteroatoms. The van der Waals surface area contributed by atoms with Crippen LogP contribution in [0, 0.1) is 5.92 Å². The number of aromatic nitrogens is 2. The summed E-state index contributed by atoms with van der Waals surface area (Å²) in [6.07, 6.45) is 6.48. The van der Waals surface area contributed by atoms with Crippen LogP contribution in [-0.2, 0) is 14.8 Å². The summed E-state index contributed by atoms with van der Waals surface area (Å²) in [4.78, 5) is 24.4. The number of piperazine rings is 1. The fourth-order valence-corrected chi connectivity index (χ4v) is 6.69. The monoisotopic (exact) mass is 521 g/mol. The predicted molar refractivity (Wildman–Crippen MR) is 133 cm³/mol. The first kappa shape index (κ1) is 23.4. The second-order valence-electron chi connectivity index (χ2n) is 8.66. The number of halogens is 2. The van der Waals surface area contributed by atoms with Crippen molar-refractivity contribution in [2.75, 3.05) is 44.2 Å². The fourth-order valence-electron chi connectivity index (χ4n) is 4.78. The van der Waals surface area contributed by atoms with Gasteiger partial charge in [-0.3, -0.25) is 9.78 Å². The molecule has 34 heavy (non-hydrogen) atoms. The predicted octanol–water partition coefficient (Wildman–Crippen LogP) is 3.62. The van der Waals surface area contributed by atoms with Gasteiger partial charge < -0.3 is 14.8 Å². The molecule has 0 unspecified atom stereocenters. The standard InChI is InChI=1S/C23H25Cl2N5O3S/c24-19-15-27-21-13-17(1-2-18(19)21)34(32,33)30-11-9-29(10-12-30)23(31)16-4-7-28(8-5-16)22-3-6-26-14-20(22)25/h1-3,6,13-16,27H,4-5,7-12H2. The number of carbonyl (C=O) groups is 1. The van der Waals surface area contributed by atoms with Gasteiger partial charge in [-0.2, -0.15) is 4.31 Å². The zero-order valence-electron chi connectivity index (χ0n) is 18.5. The van der Waals surface area contributed by atoms with E-state index in [4.69, 9.17) is 23.2 Å². The molecule has 8 nitrogen and oxygen atoms in total. The highest BCUT2D eigenvalue weighted by molar-refractivity contribution is 7.89. The number of pyridine rings is 1. The van der Waals surface area contributed by atoms with Crippen molar-refractivity contribution in [1.82, 2.24) is 19.2 Å². The number of amides is 1. The van der Waals surface area contributed by atoms with Crippen LogP contribution in [0.4, 0.5) is 5.69 Å². The van der Waals surface area contributed by atoms with Crippen LogP contribution in [0.2, 0.25) is 10.0 Å². The molecule has 4 heterocycles. The Morgan fingerprint density at radius 3 is 2.44 bits per heavy atom. The van der Waals surface area contributed by atoms with E-state index in [1.165, 1.54) is 4.31 Å². The molecule has 3 aromatic rings. The third-order valence-corrected chi connectivity index (χ3v) is 9.23. The van der Waals surface area contributed by atoms with Crippen LogP contribution in [0.3, 0.4) is 0 Å². The minimum absolute atomic E-state index is 0.0555. The zero-order valence-corrected chi connectivity index (χ0v) is 20.8. The van der Waals surface area contributed by atoms with E-state index in [0.717, 1.165) is 37.0 Å². The van der Waals surface area contributed by atoms with Gasteiger partial charge in [-0.05, 0) is 37.1 Å². The number of hydrogen-bond donors (Lipinski definition) is 1. The number of anilines is 1. The third kappa shape index (κ3) is 4.37. The number of rotatable bonds is 4. The summed E-state index contributed by atoms with van der Waals surface area (Å²) in [6.45, 7) is 2.85. The van der Waals surface area contributed by atoms with Gasteiger partial charge in [0, 0.05) is 74.7 Å². The van der Waals surface area contributed by atoms with Crippen molar-refractivity contribution >= 4 is 55.7 Å². The maximum absolute atomic E-state index is 13.2. The topological polar surface area (TPSA) is 89.6 Å². The molecule has 2 aliphatic heterocycles. The second-order valence-corrected chi connectivity index (χ2v) is 11.4. The van der Waals surface area contributed by atoms with Crippen molar-refractivity contribution in [3.8, 4) is 0 Å². The van der Waals surface area contributed by atoms with Crippen LogP contribution < -0.4 is 4.90 Å². The lowest BCUT2D eigenvalue weighted by molar-refractivity contribution is -0.137.